The van der Waals surface area contributed by atoms with Crippen LogP contribution in [0.1, 0.15) is 44.7 Å². The van der Waals surface area contributed by atoms with Crippen LogP contribution in [-0.4, -0.2) is 29.0 Å². The van der Waals surface area contributed by atoms with Crippen LogP contribution in [0.2, 0.25) is 0 Å². The van der Waals surface area contributed by atoms with Crippen molar-refractivity contribution in [3.8, 4) is 0 Å². The van der Waals surface area contributed by atoms with E-state index in [4.69, 9.17) is 4.98 Å². The van der Waals surface area contributed by atoms with Crippen LogP contribution in [0.5, 0.6) is 0 Å². The molecule has 0 aromatic carbocycles. The van der Waals surface area contributed by atoms with Gasteiger partial charge in [0.15, 0.2) is 5.82 Å². The zero-order chi connectivity index (χ0) is 14.7. The van der Waals surface area contributed by atoms with Gasteiger partial charge in [0.2, 0.25) is 0 Å². The summed E-state index contributed by atoms with van der Waals surface area (Å²) in [4.78, 5) is 7.31. The molecular weight excluding hydrogens is 260 g/mol. The molecule has 4 heteroatoms. The fourth-order valence-electron chi connectivity index (χ4n) is 3.37. The first kappa shape index (κ1) is 14.4. The van der Waals surface area contributed by atoms with Crippen molar-refractivity contribution in [1.29, 1.82) is 0 Å². The molecule has 21 heavy (non-hydrogen) atoms. The Morgan fingerprint density at radius 2 is 2.10 bits per heavy atom. The summed E-state index contributed by atoms with van der Waals surface area (Å²) in [6.45, 7) is 3.99. The minimum Gasteiger partial charge on any atom is -0.355 e. The predicted molar refractivity (Wildman–Crippen MR) is 87.8 cm³/mol. The largest absolute Gasteiger partial charge is 0.355 e. The molecule has 2 heterocycles. The SMILES string of the molecule is CCNCc1c(N(C)C2CCCCC2)nc2ccccn12. The smallest absolute Gasteiger partial charge is 0.152 e. The molecule has 0 saturated heterocycles. The van der Waals surface area contributed by atoms with Crippen LogP contribution in [0.25, 0.3) is 5.65 Å². The molecule has 0 radical (unpaired) electrons. The molecule has 1 aliphatic carbocycles. The lowest BCUT2D eigenvalue weighted by molar-refractivity contribution is 0.425. The zero-order valence-corrected chi connectivity index (χ0v) is 13.2. The number of fused-ring (bicyclic) bond motifs is 1. The lowest BCUT2D eigenvalue weighted by atomic mass is 9.94. The highest BCUT2D eigenvalue weighted by molar-refractivity contribution is 5.56. The first-order chi connectivity index (χ1) is 10.3. The lowest BCUT2D eigenvalue weighted by Crippen LogP contribution is -2.34. The second-order valence-electron chi connectivity index (χ2n) is 5.99. The third-order valence-corrected chi connectivity index (χ3v) is 4.61. The Balaban J connectivity index is 1.95. The molecule has 0 atom stereocenters. The van der Waals surface area contributed by atoms with Crippen molar-refractivity contribution in [3.05, 3.63) is 30.1 Å². The molecule has 114 valence electrons. The van der Waals surface area contributed by atoms with E-state index in [0.717, 1.165) is 24.6 Å². The van der Waals surface area contributed by atoms with Gasteiger partial charge in [0, 0.05) is 25.8 Å². The number of anilines is 1. The summed E-state index contributed by atoms with van der Waals surface area (Å²) in [5, 5.41) is 3.45. The van der Waals surface area contributed by atoms with Gasteiger partial charge in [0.25, 0.3) is 0 Å². The molecule has 3 rings (SSSR count). The van der Waals surface area contributed by atoms with Gasteiger partial charge in [-0.05, 0) is 31.5 Å². The van der Waals surface area contributed by atoms with Crippen LogP contribution in [0.4, 0.5) is 5.82 Å². The Bertz CT molecular complexity index is 583. The summed E-state index contributed by atoms with van der Waals surface area (Å²) in [5.41, 5.74) is 2.32. The van der Waals surface area contributed by atoms with E-state index in [2.05, 4.69) is 53.0 Å². The van der Waals surface area contributed by atoms with Gasteiger partial charge in [-0.15, -0.1) is 0 Å². The number of hydrogen-bond acceptors (Lipinski definition) is 3. The van der Waals surface area contributed by atoms with Gasteiger partial charge in [-0.3, -0.25) is 0 Å². The monoisotopic (exact) mass is 286 g/mol. The van der Waals surface area contributed by atoms with Gasteiger partial charge in [0.1, 0.15) is 5.65 Å². The van der Waals surface area contributed by atoms with Crippen molar-refractivity contribution in [3.63, 3.8) is 0 Å². The summed E-state index contributed by atoms with van der Waals surface area (Å²) in [7, 11) is 2.22. The predicted octanol–water partition coefficient (Wildman–Crippen LogP) is 3.21. The first-order valence-corrected chi connectivity index (χ1v) is 8.20. The summed E-state index contributed by atoms with van der Waals surface area (Å²) >= 11 is 0. The standard InChI is InChI=1S/C17H26N4/c1-3-18-13-15-17(19-16-11-7-8-12-21(15)16)20(2)14-9-5-4-6-10-14/h7-8,11-12,14,18H,3-6,9-10,13H2,1-2H3. The van der Waals surface area contributed by atoms with Crippen LogP contribution in [0.3, 0.4) is 0 Å². The van der Waals surface area contributed by atoms with Crippen molar-refractivity contribution < 1.29 is 0 Å². The van der Waals surface area contributed by atoms with E-state index in [9.17, 15) is 0 Å². The lowest BCUT2D eigenvalue weighted by Gasteiger charge is -2.32. The minimum absolute atomic E-state index is 0.643. The molecule has 1 saturated carbocycles. The third kappa shape index (κ3) is 2.91. The molecule has 2 aromatic heterocycles. The summed E-state index contributed by atoms with van der Waals surface area (Å²) in [6, 6.07) is 6.87. The average molecular weight is 286 g/mol. The maximum Gasteiger partial charge on any atom is 0.152 e. The highest BCUT2D eigenvalue weighted by Gasteiger charge is 2.23. The highest BCUT2D eigenvalue weighted by atomic mass is 15.2. The molecule has 0 amide bonds. The molecular formula is C17H26N4. The Morgan fingerprint density at radius 3 is 2.86 bits per heavy atom. The topological polar surface area (TPSA) is 32.6 Å². The normalized spacial score (nSPS) is 16.5. The highest BCUT2D eigenvalue weighted by Crippen LogP contribution is 2.28. The molecule has 0 bridgehead atoms. The Labute approximate surface area is 127 Å². The summed E-state index contributed by atoms with van der Waals surface area (Å²) < 4.78 is 2.22. The Kier molecular flexibility index (Phi) is 4.44. The maximum atomic E-state index is 4.89. The molecule has 2 aromatic rings. The van der Waals surface area contributed by atoms with Crippen molar-refractivity contribution in [1.82, 2.24) is 14.7 Å². The number of pyridine rings is 1. The zero-order valence-electron chi connectivity index (χ0n) is 13.2. The number of rotatable bonds is 5. The van der Waals surface area contributed by atoms with E-state index in [1.165, 1.54) is 37.8 Å². The van der Waals surface area contributed by atoms with E-state index < -0.39 is 0 Å². The second-order valence-corrected chi connectivity index (χ2v) is 5.99. The number of nitrogens with one attached hydrogen (secondary N) is 1. The fourth-order valence-corrected chi connectivity index (χ4v) is 3.37. The Hall–Kier alpha value is -1.55. The molecule has 0 unspecified atom stereocenters. The van der Waals surface area contributed by atoms with Gasteiger partial charge in [-0.25, -0.2) is 4.98 Å². The van der Waals surface area contributed by atoms with E-state index in [1.807, 2.05) is 0 Å². The average Bonchev–Trinajstić information content (AvgIpc) is 2.91. The molecule has 0 spiro atoms. The third-order valence-electron chi connectivity index (χ3n) is 4.61. The fraction of sp³-hybridized carbons (Fsp3) is 0.588. The van der Waals surface area contributed by atoms with Crippen LogP contribution in [0, 0.1) is 0 Å². The number of nitrogens with zero attached hydrogens (tertiary/aromatic N) is 3. The van der Waals surface area contributed by atoms with Crippen LogP contribution in [-0.2, 0) is 6.54 Å². The van der Waals surface area contributed by atoms with Crippen molar-refractivity contribution >= 4 is 11.5 Å². The van der Waals surface area contributed by atoms with Gasteiger partial charge < -0.3 is 14.6 Å². The quantitative estimate of drug-likeness (QED) is 0.916. The van der Waals surface area contributed by atoms with Crippen molar-refractivity contribution in [2.24, 2.45) is 0 Å². The number of aromatic nitrogens is 2. The maximum absolute atomic E-state index is 4.89. The van der Waals surface area contributed by atoms with Gasteiger partial charge in [-0.2, -0.15) is 0 Å². The second kappa shape index (κ2) is 6.48. The van der Waals surface area contributed by atoms with Gasteiger partial charge in [0.05, 0.1) is 5.69 Å². The van der Waals surface area contributed by atoms with E-state index >= 15 is 0 Å². The van der Waals surface area contributed by atoms with Crippen LogP contribution >= 0.6 is 0 Å². The molecule has 0 aliphatic heterocycles. The summed E-state index contributed by atoms with van der Waals surface area (Å²) in [5.74, 6) is 1.15. The molecule has 1 aliphatic rings. The summed E-state index contributed by atoms with van der Waals surface area (Å²) in [6.07, 6.45) is 8.80. The molecule has 4 nitrogen and oxygen atoms in total. The molecule has 1 fully saturated rings. The number of hydrogen-bond donors (Lipinski definition) is 1. The van der Waals surface area contributed by atoms with E-state index in [0.29, 0.717) is 6.04 Å². The van der Waals surface area contributed by atoms with Gasteiger partial charge >= 0.3 is 0 Å². The minimum atomic E-state index is 0.643. The van der Waals surface area contributed by atoms with Crippen LogP contribution < -0.4 is 10.2 Å². The van der Waals surface area contributed by atoms with Crippen molar-refractivity contribution in [2.75, 3.05) is 18.5 Å². The van der Waals surface area contributed by atoms with E-state index in [1.54, 1.807) is 0 Å². The molecule has 1 N–H and O–H groups in total. The van der Waals surface area contributed by atoms with Crippen LogP contribution in [0.15, 0.2) is 24.4 Å². The van der Waals surface area contributed by atoms with Crippen molar-refractivity contribution in [2.45, 2.75) is 51.6 Å². The van der Waals surface area contributed by atoms with E-state index in [-0.39, 0.29) is 0 Å². The number of imidazole rings is 1. The van der Waals surface area contributed by atoms with Gasteiger partial charge in [-0.1, -0.05) is 32.3 Å². The first-order valence-electron chi connectivity index (χ1n) is 8.20. The Morgan fingerprint density at radius 1 is 1.29 bits per heavy atom.